The number of tetrazole rings is 1. The van der Waals surface area contributed by atoms with Crippen molar-refractivity contribution in [3.8, 4) is 11.4 Å². The Bertz CT molecular complexity index is 1090. The van der Waals surface area contributed by atoms with Crippen molar-refractivity contribution in [3.63, 3.8) is 0 Å². The van der Waals surface area contributed by atoms with Crippen molar-refractivity contribution in [1.82, 2.24) is 20.2 Å². The van der Waals surface area contributed by atoms with Gasteiger partial charge in [-0.1, -0.05) is 18.2 Å². The van der Waals surface area contributed by atoms with E-state index in [-0.39, 0.29) is 11.7 Å². The molecule has 0 unspecified atom stereocenters. The van der Waals surface area contributed by atoms with Crippen molar-refractivity contribution in [2.45, 2.75) is 6.92 Å². The minimum atomic E-state index is -0.323. The van der Waals surface area contributed by atoms with Crippen LogP contribution in [0.3, 0.4) is 0 Å². The van der Waals surface area contributed by atoms with Gasteiger partial charge in [0.15, 0.2) is 5.76 Å². The Kier molecular flexibility index (Phi) is 3.85. The molecule has 1 amide bonds. The molecule has 0 aliphatic carbocycles. The number of anilines is 1. The third kappa shape index (κ3) is 2.67. The molecule has 0 aliphatic rings. The van der Waals surface area contributed by atoms with Gasteiger partial charge in [-0.15, -0.1) is 5.10 Å². The van der Waals surface area contributed by atoms with E-state index in [0.29, 0.717) is 22.7 Å². The molecule has 0 spiro atoms. The van der Waals surface area contributed by atoms with Crippen LogP contribution >= 0.6 is 0 Å². The Morgan fingerprint density at radius 3 is 2.81 bits per heavy atom. The monoisotopic (exact) mass is 349 g/mol. The second-order valence-electron chi connectivity index (χ2n) is 5.65. The molecule has 2 aromatic heterocycles. The summed E-state index contributed by atoms with van der Waals surface area (Å²) in [5.41, 5.74) is 2.72. The lowest BCUT2D eigenvalue weighted by Crippen LogP contribution is -2.12. The smallest absolute Gasteiger partial charge is 0.291 e. The predicted molar refractivity (Wildman–Crippen MR) is 94.6 cm³/mol. The number of carbonyl (C=O) groups is 1. The normalized spacial score (nSPS) is 10.8. The number of hydrogen-bond acceptors (Lipinski definition) is 6. The summed E-state index contributed by atoms with van der Waals surface area (Å²) >= 11 is 0. The van der Waals surface area contributed by atoms with E-state index in [1.54, 1.807) is 18.2 Å². The molecule has 8 heteroatoms. The summed E-state index contributed by atoms with van der Waals surface area (Å²) in [6, 6.07) is 12.8. The fourth-order valence-corrected chi connectivity index (χ4v) is 2.80. The number of amides is 1. The number of carbonyl (C=O) groups excluding carboxylic acids is 1. The van der Waals surface area contributed by atoms with Gasteiger partial charge in [-0.25, -0.2) is 0 Å². The van der Waals surface area contributed by atoms with Gasteiger partial charge in [0.25, 0.3) is 5.91 Å². The third-order valence-electron chi connectivity index (χ3n) is 4.08. The van der Waals surface area contributed by atoms with Crippen LogP contribution in [0.5, 0.6) is 5.75 Å². The highest BCUT2D eigenvalue weighted by atomic mass is 16.5. The van der Waals surface area contributed by atoms with Gasteiger partial charge >= 0.3 is 0 Å². The largest absolute Gasteiger partial charge is 0.494 e. The maximum absolute atomic E-state index is 12.6. The van der Waals surface area contributed by atoms with Gasteiger partial charge in [-0.2, -0.15) is 4.68 Å². The van der Waals surface area contributed by atoms with Crippen molar-refractivity contribution in [3.05, 3.63) is 60.1 Å². The summed E-state index contributed by atoms with van der Waals surface area (Å²) < 4.78 is 12.6. The van der Waals surface area contributed by atoms with Crippen LogP contribution < -0.4 is 10.1 Å². The van der Waals surface area contributed by atoms with Crippen molar-refractivity contribution in [2.75, 3.05) is 12.4 Å². The molecular formula is C18H15N5O3. The topological polar surface area (TPSA) is 95.1 Å². The number of benzene rings is 2. The van der Waals surface area contributed by atoms with E-state index in [0.717, 1.165) is 10.9 Å². The molecular weight excluding hydrogens is 334 g/mol. The Labute approximate surface area is 148 Å². The fourth-order valence-electron chi connectivity index (χ4n) is 2.80. The zero-order valence-corrected chi connectivity index (χ0v) is 14.1. The first kappa shape index (κ1) is 15.8. The molecule has 0 saturated carbocycles. The van der Waals surface area contributed by atoms with Crippen molar-refractivity contribution < 1.29 is 13.9 Å². The first-order valence-electron chi connectivity index (χ1n) is 7.88. The molecule has 4 aromatic rings. The van der Waals surface area contributed by atoms with Crippen molar-refractivity contribution in [2.24, 2.45) is 0 Å². The molecule has 0 bridgehead atoms. The number of nitrogens with one attached hydrogen (secondary N) is 1. The summed E-state index contributed by atoms with van der Waals surface area (Å²) in [5, 5.41) is 14.8. The molecule has 2 heterocycles. The first-order chi connectivity index (χ1) is 12.7. The van der Waals surface area contributed by atoms with Gasteiger partial charge < -0.3 is 14.5 Å². The average molecular weight is 349 g/mol. The van der Waals surface area contributed by atoms with E-state index in [9.17, 15) is 4.79 Å². The van der Waals surface area contributed by atoms with Gasteiger partial charge in [0.05, 0.1) is 7.11 Å². The van der Waals surface area contributed by atoms with Gasteiger partial charge in [-0.05, 0) is 35.5 Å². The summed E-state index contributed by atoms with van der Waals surface area (Å²) in [5.74, 6) is 0.488. The maximum atomic E-state index is 12.6. The second-order valence-corrected chi connectivity index (χ2v) is 5.65. The average Bonchev–Trinajstić information content (AvgIpc) is 3.30. The molecule has 4 rings (SSSR count). The van der Waals surface area contributed by atoms with Crippen LogP contribution in [0.25, 0.3) is 16.7 Å². The second kappa shape index (κ2) is 6.32. The third-order valence-corrected chi connectivity index (χ3v) is 4.08. The number of aromatic nitrogens is 4. The van der Waals surface area contributed by atoms with Crippen LogP contribution in [0.2, 0.25) is 0 Å². The van der Waals surface area contributed by atoms with E-state index in [1.165, 1.54) is 18.1 Å². The van der Waals surface area contributed by atoms with Gasteiger partial charge in [-0.3, -0.25) is 4.79 Å². The zero-order valence-electron chi connectivity index (χ0n) is 14.1. The Morgan fingerprint density at radius 1 is 1.23 bits per heavy atom. The Balaban J connectivity index is 1.64. The number of nitrogens with zero attached hydrogens (tertiary/aromatic N) is 4. The van der Waals surface area contributed by atoms with E-state index >= 15 is 0 Å². The number of methoxy groups -OCH3 is 1. The molecule has 130 valence electrons. The summed E-state index contributed by atoms with van der Waals surface area (Å²) in [4.78, 5) is 12.6. The molecule has 0 atom stereocenters. The minimum absolute atomic E-state index is 0.287. The van der Waals surface area contributed by atoms with Gasteiger partial charge in [0.1, 0.15) is 23.3 Å². The predicted octanol–water partition coefficient (Wildman–Crippen LogP) is 2.98. The number of aryl methyl sites for hydroxylation is 1. The van der Waals surface area contributed by atoms with Crippen molar-refractivity contribution >= 4 is 22.6 Å². The summed E-state index contributed by atoms with van der Waals surface area (Å²) in [6.07, 6.45) is 1.47. The number of hydrogen-bond donors (Lipinski definition) is 1. The van der Waals surface area contributed by atoms with E-state index in [4.69, 9.17) is 9.15 Å². The Hall–Kier alpha value is -3.68. The number of ether oxygens (including phenoxy) is 1. The molecule has 0 fully saturated rings. The quantitative estimate of drug-likeness (QED) is 0.608. The molecule has 0 aliphatic heterocycles. The number of fused-ring (bicyclic) bond motifs is 1. The van der Waals surface area contributed by atoms with Crippen LogP contribution in [0.4, 0.5) is 5.69 Å². The fraction of sp³-hybridized carbons (Fsp3) is 0.111. The highest BCUT2D eigenvalue weighted by molar-refractivity contribution is 6.06. The van der Waals surface area contributed by atoms with E-state index in [1.807, 2.05) is 31.2 Å². The highest BCUT2D eigenvalue weighted by Crippen LogP contribution is 2.28. The van der Waals surface area contributed by atoms with Crippen LogP contribution in [0, 0.1) is 6.92 Å². The van der Waals surface area contributed by atoms with Gasteiger partial charge in [0, 0.05) is 22.7 Å². The van der Waals surface area contributed by atoms with Crippen LogP contribution in [-0.4, -0.2) is 33.2 Å². The molecule has 0 saturated heterocycles. The lowest BCUT2D eigenvalue weighted by Gasteiger charge is -2.10. The lowest BCUT2D eigenvalue weighted by molar-refractivity contribution is 0.0998. The van der Waals surface area contributed by atoms with Crippen LogP contribution in [-0.2, 0) is 0 Å². The number of furan rings is 1. The molecule has 1 N–H and O–H groups in total. The van der Waals surface area contributed by atoms with E-state index in [2.05, 4.69) is 20.8 Å². The van der Waals surface area contributed by atoms with Crippen LogP contribution in [0.15, 0.2) is 53.2 Å². The molecule has 2 aromatic carbocycles. The van der Waals surface area contributed by atoms with E-state index < -0.39 is 0 Å². The summed E-state index contributed by atoms with van der Waals surface area (Å²) in [7, 11) is 1.54. The molecule has 8 nitrogen and oxygen atoms in total. The minimum Gasteiger partial charge on any atom is -0.494 e. The lowest BCUT2D eigenvalue weighted by atomic mass is 10.1. The number of rotatable bonds is 4. The first-order valence-corrected chi connectivity index (χ1v) is 7.88. The van der Waals surface area contributed by atoms with Crippen molar-refractivity contribution in [1.29, 1.82) is 0 Å². The SMILES string of the molecule is COc1cc(NC(=O)c2oc3ccccc3c2C)ccc1-n1cnnn1. The maximum Gasteiger partial charge on any atom is 0.291 e. The standard InChI is InChI=1S/C18H15N5O3/c1-11-13-5-3-4-6-15(13)26-17(11)18(24)20-12-7-8-14(16(9-12)25-2)23-10-19-21-22-23/h3-10H,1-2H3,(H,20,24). The molecule has 0 radical (unpaired) electrons. The zero-order chi connectivity index (χ0) is 18.1. The summed E-state index contributed by atoms with van der Waals surface area (Å²) in [6.45, 7) is 1.86. The highest BCUT2D eigenvalue weighted by Gasteiger charge is 2.18. The number of para-hydroxylation sites is 1. The molecule has 26 heavy (non-hydrogen) atoms. The Morgan fingerprint density at radius 2 is 2.08 bits per heavy atom. The van der Waals surface area contributed by atoms with Gasteiger partial charge in [0.2, 0.25) is 0 Å². The van der Waals surface area contributed by atoms with Crippen LogP contribution in [0.1, 0.15) is 16.1 Å².